The molecule has 1 aliphatic rings. The fourth-order valence-electron chi connectivity index (χ4n) is 2.48. The lowest BCUT2D eigenvalue weighted by molar-refractivity contribution is 0.144. The Kier molecular flexibility index (Phi) is 5.05. The molecule has 1 aliphatic heterocycles. The van der Waals surface area contributed by atoms with Crippen molar-refractivity contribution in [2.24, 2.45) is 0 Å². The van der Waals surface area contributed by atoms with Gasteiger partial charge in [-0.25, -0.2) is 0 Å². The quantitative estimate of drug-likeness (QED) is 0.809. The number of anilines is 1. The molecule has 1 heterocycles. The molecule has 106 valence electrons. The highest BCUT2D eigenvalue weighted by Gasteiger charge is 2.19. The van der Waals surface area contributed by atoms with Gasteiger partial charge in [0.05, 0.1) is 19.4 Å². The SMILES string of the molecule is COCCN1CCN(c2ccc(C)cc2OC)CC1. The summed E-state index contributed by atoms with van der Waals surface area (Å²) in [5.41, 5.74) is 2.44. The zero-order valence-electron chi connectivity index (χ0n) is 12.2. The number of hydrogen-bond acceptors (Lipinski definition) is 4. The largest absolute Gasteiger partial charge is 0.495 e. The van der Waals surface area contributed by atoms with Gasteiger partial charge in [0, 0.05) is 39.8 Å². The first-order valence-corrected chi connectivity index (χ1v) is 6.85. The molecule has 0 saturated carbocycles. The zero-order chi connectivity index (χ0) is 13.7. The van der Waals surface area contributed by atoms with E-state index in [0.29, 0.717) is 0 Å². The van der Waals surface area contributed by atoms with Gasteiger partial charge in [-0.05, 0) is 24.6 Å². The Hall–Kier alpha value is -1.26. The molecule has 1 aromatic carbocycles. The lowest BCUT2D eigenvalue weighted by Crippen LogP contribution is -2.47. The molecule has 4 heteroatoms. The smallest absolute Gasteiger partial charge is 0.142 e. The highest BCUT2D eigenvalue weighted by Crippen LogP contribution is 2.29. The highest BCUT2D eigenvalue weighted by atomic mass is 16.5. The standard InChI is InChI=1S/C15H24N2O2/c1-13-4-5-14(15(12-13)19-3)17-8-6-16(7-9-17)10-11-18-2/h4-5,12H,6-11H2,1-3H3. The fourth-order valence-corrected chi connectivity index (χ4v) is 2.48. The van der Waals surface area contributed by atoms with Gasteiger partial charge in [-0.3, -0.25) is 4.90 Å². The summed E-state index contributed by atoms with van der Waals surface area (Å²) in [5.74, 6) is 0.977. The lowest BCUT2D eigenvalue weighted by Gasteiger charge is -2.36. The number of piperazine rings is 1. The molecule has 0 atom stereocenters. The van der Waals surface area contributed by atoms with Crippen molar-refractivity contribution in [1.29, 1.82) is 0 Å². The minimum atomic E-state index is 0.813. The minimum Gasteiger partial charge on any atom is -0.495 e. The van der Waals surface area contributed by atoms with Crippen LogP contribution in [0.2, 0.25) is 0 Å². The number of methoxy groups -OCH3 is 2. The van der Waals surface area contributed by atoms with Gasteiger partial charge in [-0.15, -0.1) is 0 Å². The van der Waals surface area contributed by atoms with Crippen LogP contribution in [0, 0.1) is 6.92 Å². The van der Waals surface area contributed by atoms with Gasteiger partial charge in [0.15, 0.2) is 0 Å². The van der Waals surface area contributed by atoms with E-state index in [1.807, 2.05) is 0 Å². The maximum absolute atomic E-state index is 5.50. The van der Waals surface area contributed by atoms with E-state index in [-0.39, 0.29) is 0 Å². The topological polar surface area (TPSA) is 24.9 Å². The molecule has 0 unspecified atom stereocenters. The Balaban J connectivity index is 1.97. The van der Waals surface area contributed by atoms with Crippen LogP contribution in [0.5, 0.6) is 5.75 Å². The van der Waals surface area contributed by atoms with Crippen LogP contribution in [0.25, 0.3) is 0 Å². The number of hydrogen-bond donors (Lipinski definition) is 0. The predicted molar refractivity (Wildman–Crippen MR) is 78.3 cm³/mol. The van der Waals surface area contributed by atoms with Crippen molar-refractivity contribution in [3.63, 3.8) is 0 Å². The van der Waals surface area contributed by atoms with Crippen LogP contribution in [-0.4, -0.2) is 58.5 Å². The number of rotatable bonds is 5. The number of nitrogens with zero attached hydrogens (tertiary/aromatic N) is 2. The van der Waals surface area contributed by atoms with Gasteiger partial charge in [0.1, 0.15) is 5.75 Å². The molecule has 0 amide bonds. The Bertz CT molecular complexity index is 401. The summed E-state index contributed by atoms with van der Waals surface area (Å²) in [5, 5.41) is 0. The molecule has 1 fully saturated rings. The van der Waals surface area contributed by atoms with Crippen molar-refractivity contribution in [3.05, 3.63) is 23.8 Å². The van der Waals surface area contributed by atoms with Crippen LogP contribution in [0.4, 0.5) is 5.69 Å². The maximum Gasteiger partial charge on any atom is 0.142 e. The van der Waals surface area contributed by atoms with Crippen LogP contribution >= 0.6 is 0 Å². The summed E-state index contributed by atoms with van der Waals surface area (Å²) < 4.78 is 10.6. The van der Waals surface area contributed by atoms with Crippen LogP contribution in [-0.2, 0) is 4.74 Å². The van der Waals surface area contributed by atoms with Crippen molar-refractivity contribution in [3.8, 4) is 5.75 Å². The second-order valence-corrected chi connectivity index (χ2v) is 5.00. The van der Waals surface area contributed by atoms with Crippen LogP contribution in [0.15, 0.2) is 18.2 Å². The summed E-state index contributed by atoms with van der Waals surface area (Å²) in [6.45, 7) is 8.19. The van der Waals surface area contributed by atoms with Crippen molar-refractivity contribution in [2.75, 3.05) is 58.5 Å². The maximum atomic E-state index is 5.50. The van der Waals surface area contributed by atoms with Crippen molar-refractivity contribution in [2.45, 2.75) is 6.92 Å². The third kappa shape index (κ3) is 3.61. The molecule has 0 spiro atoms. The second-order valence-electron chi connectivity index (χ2n) is 5.00. The van der Waals surface area contributed by atoms with E-state index in [4.69, 9.17) is 9.47 Å². The number of aryl methyl sites for hydroxylation is 1. The fraction of sp³-hybridized carbons (Fsp3) is 0.600. The van der Waals surface area contributed by atoms with Gasteiger partial charge < -0.3 is 14.4 Å². The van der Waals surface area contributed by atoms with Crippen LogP contribution in [0.1, 0.15) is 5.56 Å². The molecule has 0 aromatic heterocycles. The van der Waals surface area contributed by atoms with Crippen LogP contribution < -0.4 is 9.64 Å². The van der Waals surface area contributed by atoms with Gasteiger partial charge in [0.25, 0.3) is 0 Å². The molecule has 0 radical (unpaired) electrons. The predicted octanol–water partition coefficient (Wildman–Crippen LogP) is 1.77. The minimum absolute atomic E-state index is 0.813. The third-order valence-electron chi connectivity index (χ3n) is 3.66. The van der Waals surface area contributed by atoms with E-state index in [1.165, 1.54) is 11.3 Å². The normalized spacial score (nSPS) is 16.7. The first-order chi connectivity index (χ1) is 9.24. The third-order valence-corrected chi connectivity index (χ3v) is 3.66. The first kappa shape index (κ1) is 14.2. The Morgan fingerprint density at radius 1 is 1.11 bits per heavy atom. The summed E-state index contributed by atoms with van der Waals surface area (Å²) in [6.07, 6.45) is 0. The molecule has 0 aliphatic carbocycles. The molecule has 4 nitrogen and oxygen atoms in total. The molecular formula is C15H24N2O2. The average Bonchev–Trinajstić information content (AvgIpc) is 2.45. The van der Waals surface area contributed by atoms with E-state index < -0.39 is 0 Å². The Labute approximate surface area is 115 Å². The molecule has 1 saturated heterocycles. The van der Waals surface area contributed by atoms with Gasteiger partial charge >= 0.3 is 0 Å². The van der Waals surface area contributed by atoms with Gasteiger partial charge in [0.2, 0.25) is 0 Å². The van der Waals surface area contributed by atoms with E-state index in [9.17, 15) is 0 Å². The summed E-state index contributed by atoms with van der Waals surface area (Å²) in [4.78, 5) is 4.85. The van der Waals surface area contributed by atoms with Gasteiger partial charge in [-0.1, -0.05) is 6.07 Å². The Morgan fingerprint density at radius 2 is 1.84 bits per heavy atom. The molecule has 19 heavy (non-hydrogen) atoms. The van der Waals surface area contributed by atoms with Crippen molar-refractivity contribution in [1.82, 2.24) is 4.90 Å². The molecule has 0 bridgehead atoms. The lowest BCUT2D eigenvalue weighted by atomic mass is 10.1. The summed E-state index contributed by atoms with van der Waals surface area (Å²) in [7, 11) is 3.50. The molecule has 2 rings (SSSR count). The van der Waals surface area contributed by atoms with E-state index in [2.05, 4.69) is 34.9 Å². The first-order valence-electron chi connectivity index (χ1n) is 6.85. The summed E-state index contributed by atoms with van der Waals surface area (Å²) >= 11 is 0. The summed E-state index contributed by atoms with van der Waals surface area (Å²) in [6, 6.07) is 6.42. The second kappa shape index (κ2) is 6.78. The Morgan fingerprint density at radius 3 is 2.47 bits per heavy atom. The number of ether oxygens (including phenoxy) is 2. The van der Waals surface area contributed by atoms with Gasteiger partial charge in [-0.2, -0.15) is 0 Å². The van der Waals surface area contributed by atoms with E-state index >= 15 is 0 Å². The number of benzene rings is 1. The van der Waals surface area contributed by atoms with Crippen molar-refractivity contribution < 1.29 is 9.47 Å². The van der Waals surface area contributed by atoms with Crippen LogP contribution in [0.3, 0.4) is 0 Å². The zero-order valence-corrected chi connectivity index (χ0v) is 12.2. The molecule has 0 N–H and O–H groups in total. The van der Waals surface area contributed by atoms with E-state index in [0.717, 1.165) is 45.1 Å². The van der Waals surface area contributed by atoms with E-state index in [1.54, 1.807) is 14.2 Å². The van der Waals surface area contributed by atoms with Crippen molar-refractivity contribution >= 4 is 5.69 Å². The monoisotopic (exact) mass is 264 g/mol. The molecule has 1 aromatic rings. The average molecular weight is 264 g/mol. The molecular weight excluding hydrogens is 240 g/mol. The highest BCUT2D eigenvalue weighted by molar-refractivity contribution is 5.60.